The maximum atomic E-state index is 9.52. The van der Waals surface area contributed by atoms with E-state index in [1.165, 1.54) is 12.8 Å². The topological polar surface area (TPSA) is 49.5 Å². The molecule has 12 heavy (non-hydrogen) atoms. The Morgan fingerprint density at radius 3 is 2.33 bits per heavy atom. The summed E-state index contributed by atoms with van der Waals surface area (Å²) in [6.45, 7) is 1.77. The monoisotopic (exact) mass is 170 g/mol. The van der Waals surface area contributed by atoms with Gasteiger partial charge >= 0.3 is 0 Å². The van der Waals surface area contributed by atoms with Crippen molar-refractivity contribution in [1.29, 1.82) is 0 Å². The molecule has 0 aromatic heterocycles. The van der Waals surface area contributed by atoms with Crippen LogP contribution in [0.5, 0.6) is 0 Å². The van der Waals surface area contributed by atoms with Crippen LogP contribution in [0.15, 0.2) is 0 Å². The van der Waals surface area contributed by atoms with Gasteiger partial charge in [0, 0.05) is 25.2 Å². The van der Waals surface area contributed by atoms with Gasteiger partial charge in [-0.25, -0.2) is 0 Å². The molecule has 2 saturated heterocycles. The third-order valence-electron chi connectivity index (χ3n) is 3.25. The third-order valence-corrected chi connectivity index (χ3v) is 3.25. The predicted octanol–water partition coefficient (Wildman–Crippen LogP) is -0.0672. The number of hydrogen-bond acceptors (Lipinski definition) is 3. The lowest BCUT2D eigenvalue weighted by Crippen LogP contribution is -2.46. The maximum absolute atomic E-state index is 9.52. The Balaban J connectivity index is 1.99. The first-order valence-corrected chi connectivity index (χ1v) is 4.95. The van der Waals surface area contributed by atoms with E-state index in [2.05, 4.69) is 4.90 Å². The summed E-state index contributed by atoms with van der Waals surface area (Å²) in [6, 6.07) is 1.25. The van der Waals surface area contributed by atoms with E-state index in [0.717, 1.165) is 25.9 Å². The van der Waals surface area contributed by atoms with Crippen molar-refractivity contribution in [2.75, 3.05) is 13.1 Å². The minimum Gasteiger partial charge on any atom is -0.393 e. The van der Waals surface area contributed by atoms with Crippen molar-refractivity contribution < 1.29 is 5.11 Å². The van der Waals surface area contributed by atoms with Crippen molar-refractivity contribution in [3.05, 3.63) is 0 Å². The standard InChI is InChI=1S/C9H18N2O/c10-3-4-11-7-1-2-8(11)6-9(12)5-7/h7-9,12H,1-6,10H2/t7-,8-/m0/s1. The van der Waals surface area contributed by atoms with Crippen LogP contribution in [0, 0.1) is 0 Å². The van der Waals surface area contributed by atoms with Gasteiger partial charge in [-0.3, -0.25) is 4.90 Å². The highest BCUT2D eigenvalue weighted by atomic mass is 16.3. The van der Waals surface area contributed by atoms with Gasteiger partial charge in [-0.1, -0.05) is 0 Å². The summed E-state index contributed by atoms with van der Waals surface area (Å²) in [4.78, 5) is 2.49. The Bertz CT molecular complexity index is 149. The van der Waals surface area contributed by atoms with Gasteiger partial charge in [0.25, 0.3) is 0 Å². The minimum absolute atomic E-state index is 0.0449. The van der Waals surface area contributed by atoms with Crippen LogP contribution in [0.1, 0.15) is 25.7 Å². The van der Waals surface area contributed by atoms with Gasteiger partial charge in [0.05, 0.1) is 6.10 Å². The number of nitrogens with two attached hydrogens (primary N) is 1. The highest BCUT2D eigenvalue weighted by Gasteiger charge is 2.39. The fraction of sp³-hybridized carbons (Fsp3) is 1.00. The molecule has 0 aromatic carbocycles. The molecule has 2 aliphatic rings. The molecule has 2 bridgehead atoms. The number of rotatable bonds is 2. The lowest BCUT2D eigenvalue weighted by molar-refractivity contribution is 0.0373. The summed E-state index contributed by atoms with van der Waals surface area (Å²) < 4.78 is 0. The largest absolute Gasteiger partial charge is 0.393 e. The van der Waals surface area contributed by atoms with E-state index in [1.54, 1.807) is 0 Å². The van der Waals surface area contributed by atoms with Gasteiger partial charge < -0.3 is 10.8 Å². The average Bonchev–Trinajstić information content (AvgIpc) is 2.32. The Morgan fingerprint density at radius 1 is 1.25 bits per heavy atom. The van der Waals surface area contributed by atoms with Crippen LogP contribution in [0.4, 0.5) is 0 Å². The molecule has 0 aliphatic carbocycles. The summed E-state index contributed by atoms with van der Waals surface area (Å²) in [5, 5.41) is 9.52. The van der Waals surface area contributed by atoms with Crippen LogP contribution in [0.3, 0.4) is 0 Å². The minimum atomic E-state index is -0.0449. The number of aliphatic hydroxyl groups excluding tert-OH is 1. The lowest BCUT2D eigenvalue weighted by atomic mass is 10.00. The molecule has 3 heteroatoms. The molecule has 70 valence electrons. The van der Waals surface area contributed by atoms with Crippen LogP contribution in [0.25, 0.3) is 0 Å². The lowest BCUT2D eigenvalue weighted by Gasteiger charge is -2.36. The molecular weight excluding hydrogens is 152 g/mol. The van der Waals surface area contributed by atoms with Gasteiger partial charge in [-0.2, -0.15) is 0 Å². The molecule has 0 unspecified atom stereocenters. The van der Waals surface area contributed by atoms with Crippen LogP contribution in [-0.4, -0.2) is 41.3 Å². The number of piperidine rings is 1. The van der Waals surface area contributed by atoms with Gasteiger partial charge in [-0.15, -0.1) is 0 Å². The van der Waals surface area contributed by atoms with E-state index in [0.29, 0.717) is 12.1 Å². The molecule has 2 fully saturated rings. The van der Waals surface area contributed by atoms with Gasteiger partial charge in [0.15, 0.2) is 0 Å². The van der Waals surface area contributed by atoms with Crippen molar-refractivity contribution in [3.63, 3.8) is 0 Å². The van der Waals surface area contributed by atoms with E-state index >= 15 is 0 Å². The van der Waals surface area contributed by atoms with Crippen LogP contribution < -0.4 is 5.73 Å². The fourth-order valence-electron chi connectivity index (χ4n) is 2.76. The van der Waals surface area contributed by atoms with Gasteiger partial charge in [-0.05, 0) is 25.7 Å². The molecule has 2 rings (SSSR count). The van der Waals surface area contributed by atoms with Crippen molar-refractivity contribution in [1.82, 2.24) is 4.90 Å². The molecular formula is C9H18N2O. The highest BCUT2D eigenvalue weighted by Crippen LogP contribution is 2.34. The Morgan fingerprint density at radius 2 is 1.83 bits per heavy atom. The number of nitrogens with zero attached hydrogens (tertiary/aromatic N) is 1. The number of aliphatic hydroxyl groups is 1. The van der Waals surface area contributed by atoms with E-state index in [9.17, 15) is 5.11 Å². The molecule has 2 aliphatic heterocycles. The molecule has 0 saturated carbocycles. The summed E-state index contributed by atoms with van der Waals surface area (Å²) in [7, 11) is 0. The van der Waals surface area contributed by atoms with Crippen LogP contribution >= 0.6 is 0 Å². The third kappa shape index (κ3) is 1.37. The first-order valence-electron chi connectivity index (χ1n) is 4.95. The van der Waals surface area contributed by atoms with E-state index in [-0.39, 0.29) is 6.10 Å². The molecule has 2 atom stereocenters. The van der Waals surface area contributed by atoms with Crippen molar-refractivity contribution in [2.45, 2.75) is 43.9 Å². The normalized spacial score (nSPS) is 42.0. The Hall–Kier alpha value is -0.120. The molecule has 0 radical (unpaired) electrons. The van der Waals surface area contributed by atoms with Crippen molar-refractivity contribution in [3.8, 4) is 0 Å². The molecule has 0 amide bonds. The van der Waals surface area contributed by atoms with E-state index in [1.807, 2.05) is 0 Å². The molecule has 2 heterocycles. The SMILES string of the molecule is NCCN1[C@H]2CC[C@H]1CC(O)C2. The zero-order chi connectivity index (χ0) is 8.55. The smallest absolute Gasteiger partial charge is 0.0570 e. The fourth-order valence-corrected chi connectivity index (χ4v) is 2.76. The van der Waals surface area contributed by atoms with Gasteiger partial charge in [0.2, 0.25) is 0 Å². The Labute approximate surface area is 73.5 Å². The second-order valence-corrected chi connectivity index (χ2v) is 4.04. The molecule has 0 spiro atoms. The second-order valence-electron chi connectivity index (χ2n) is 4.04. The molecule has 3 N–H and O–H groups in total. The zero-order valence-electron chi connectivity index (χ0n) is 7.45. The predicted molar refractivity (Wildman–Crippen MR) is 47.8 cm³/mol. The quantitative estimate of drug-likeness (QED) is 0.610. The summed E-state index contributed by atoms with van der Waals surface area (Å²) >= 11 is 0. The van der Waals surface area contributed by atoms with Crippen LogP contribution in [-0.2, 0) is 0 Å². The highest BCUT2D eigenvalue weighted by molar-refractivity contribution is 4.94. The summed E-state index contributed by atoms with van der Waals surface area (Å²) in [5.41, 5.74) is 5.54. The molecule has 3 nitrogen and oxygen atoms in total. The summed E-state index contributed by atoms with van der Waals surface area (Å²) in [5.74, 6) is 0. The first kappa shape index (κ1) is 8.48. The Kier molecular flexibility index (Phi) is 2.35. The summed E-state index contributed by atoms with van der Waals surface area (Å²) in [6.07, 6.45) is 4.42. The molecule has 0 aromatic rings. The van der Waals surface area contributed by atoms with Crippen molar-refractivity contribution in [2.24, 2.45) is 5.73 Å². The van der Waals surface area contributed by atoms with Crippen LogP contribution in [0.2, 0.25) is 0 Å². The first-order chi connectivity index (χ1) is 5.81. The number of fused-ring (bicyclic) bond motifs is 2. The van der Waals surface area contributed by atoms with E-state index in [4.69, 9.17) is 5.73 Å². The van der Waals surface area contributed by atoms with Crippen molar-refractivity contribution >= 4 is 0 Å². The van der Waals surface area contributed by atoms with E-state index < -0.39 is 0 Å². The maximum Gasteiger partial charge on any atom is 0.0570 e. The number of hydrogen-bond donors (Lipinski definition) is 2. The zero-order valence-corrected chi connectivity index (χ0v) is 7.45. The second kappa shape index (κ2) is 3.32. The average molecular weight is 170 g/mol. The van der Waals surface area contributed by atoms with Gasteiger partial charge in [0.1, 0.15) is 0 Å².